The summed E-state index contributed by atoms with van der Waals surface area (Å²) >= 11 is 9.18. The average Bonchev–Trinajstić information content (AvgIpc) is 3.14. The van der Waals surface area contributed by atoms with Crippen LogP contribution in [0.3, 0.4) is 0 Å². The largest absolute Gasteiger partial charge is 0.455 e. The minimum atomic E-state index is -0.918. The van der Waals surface area contributed by atoms with E-state index in [4.69, 9.17) is 16.3 Å². The number of hydrogen-bond donors (Lipinski definition) is 2. The monoisotopic (exact) mass is 538 g/mol. The summed E-state index contributed by atoms with van der Waals surface area (Å²) in [6.45, 7) is -0.784. The van der Waals surface area contributed by atoms with Crippen molar-refractivity contribution in [2.24, 2.45) is 5.92 Å². The van der Waals surface area contributed by atoms with E-state index in [0.29, 0.717) is 15.2 Å². The zero-order valence-electron chi connectivity index (χ0n) is 16.7. The van der Waals surface area contributed by atoms with Crippen LogP contribution in [0.5, 0.6) is 0 Å². The summed E-state index contributed by atoms with van der Waals surface area (Å²) in [6.07, 6.45) is -0.250. The van der Waals surface area contributed by atoms with Crippen LogP contribution in [-0.4, -0.2) is 46.8 Å². The van der Waals surface area contributed by atoms with Crippen LogP contribution in [0.15, 0.2) is 46.9 Å². The van der Waals surface area contributed by atoms with E-state index in [1.807, 2.05) is 0 Å². The number of nitro benzene ring substituents is 1. The highest BCUT2D eigenvalue weighted by molar-refractivity contribution is 9.10. The standard InChI is InChI=1S/C20H16BrClN4O7/c21-14-6-5-12(8-15(14)22)23-17(27)10-33-20(30)11-7-18(28)25(9-11)24-19(29)13-3-1-2-4-16(13)26(31)32/h1-6,8,11H,7,9-10H2,(H,23,27)(H,24,29)/t11-/m0/s1. The molecule has 1 heterocycles. The second-order valence-corrected chi connectivity index (χ2v) is 8.17. The number of para-hydroxylation sites is 1. The third-order valence-electron chi connectivity index (χ3n) is 4.59. The molecule has 0 saturated carbocycles. The molecule has 33 heavy (non-hydrogen) atoms. The molecule has 1 saturated heterocycles. The Hall–Kier alpha value is -3.51. The number of hydrogen-bond acceptors (Lipinski definition) is 7. The predicted octanol–water partition coefficient (Wildman–Crippen LogP) is 2.69. The highest BCUT2D eigenvalue weighted by atomic mass is 79.9. The second kappa shape index (κ2) is 10.4. The Morgan fingerprint density at radius 2 is 1.97 bits per heavy atom. The molecule has 0 aromatic heterocycles. The molecule has 0 radical (unpaired) electrons. The number of halogens is 2. The number of benzene rings is 2. The molecule has 0 unspecified atom stereocenters. The SMILES string of the molecule is O=C(COC(=O)[C@H]1CC(=O)N(NC(=O)c2ccccc2[N+](=O)[O-])C1)Nc1ccc(Br)c(Cl)c1. The Morgan fingerprint density at radius 3 is 2.67 bits per heavy atom. The van der Waals surface area contributed by atoms with Crippen LogP contribution >= 0.6 is 27.5 Å². The molecule has 2 aromatic rings. The number of ether oxygens (including phenoxy) is 1. The van der Waals surface area contributed by atoms with Gasteiger partial charge in [0.2, 0.25) is 5.91 Å². The van der Waals surface area contributed by atoms with Gasteiger partial charge in [-0.15, -0.1) is 0 Å². The lowest BCUT2D eigenvalue weighted by molar-refractivity contribution is -0.385. The van der Waals surface area contributed by atoms with E-state index in [0.717, 1.165) is 11.1 Å². The molecular weight excluding hydrogens is 524 g/mol. The quantitative estimate of drug-likeness (QED) is 0.312. The van der Waals surface area contributed by atoms with E-state index in [1.165, 1.54) is 24.3 Å². The van der Waals surface area contributed by atoms with Gasteiger partial charge in [0.05, 0.1) is 22.4 Å². The van der Waals surface area contributed by atoms with Gasteiger partial charge in [-0.05, 0) is 40.2 Å². The topological polar surface area (TPSA) is 148 Å². The van der Waals surface area contributed by atoms with Crippen LogP contribution in [0.1, 0.15) is 16.8 Å². The first-order valence-electron chi connectivity index (χ1n) is 9.42. The van der Waals surface area contributed by atoms with E-state index in [1.54, 1.807) is 12.1 Å². The van der Waals surface area contributed by atoms with Gasteiger partial charge in [-0.3, -0.25) is 39.7 Å². The summed E-state index contributed by atoms with van der Waals surface area (Å²) in [4.78, 5) is 59.2. The van der Waals surface area contributed by atoms with Crippen LogP contribution in [0.4, 0.5) is 11.4 Å². The molecule has 3 rings (SSSR count). The zero-order valence-corrected chi connectivity index (χ0v) is 19.1. The molecule has 1 fully saturated rings. The van der Waals surface area contributed by atoms with Crippen molar-refractivity contribution >= 4 is 62.6 Å². The predicted molar refractivity (Wildman–Crippen MR) is 119 cm³/mol. The lowest BCUT2D eigenvalue weighted by Gasteiger charge is -2.17. The van der Waals surface area contributed by atoms with Gasteiger partial charge in [-0.2, -0.15) is 0 Å². The normalized spacial score (nSPS) is 15.2. The number of nitro groups is 1. The molecule has 13 heteroatoms. The van der Waals surface area contributed by atoms with Crippen LogP contribution < -0.4 is 10.7 Å². The molecule has 1 aliphatic heterocycles. The Morgan fingerprint density at radius 1 is 1.24 bits per heavy atom. The number of amides is 3. The van der Waals surface area contributed by atoms with E-state index in [9.17, 15) is 29.3 Å². The van der Waals surface area contributed by atoms with Crippen molar-refractivity contribution in [3.63, 3.8) is 0 Å². The average molecular weight is 540 g/mol. The fourth-order valence-corrected chi connectivity index (χ4v) is 3.43. The Bertz CT molecular complexity index is 1140. The molecule has 0 spiro atoms. The van der Waals surface area contributed by atoms with Crippen LogP contribution in [0.2, 0.25) is 5.02 Å². The van der Waals surface area contributed by atoms with Crippen molar-refractivity contribution in [2.75, 3.05) is 18.5 Å². The van der Waals surface area contributed by atoms with Gasteiger partial charge in [0.1, 0.15) is 5.56 Å². The van der Waals surface area contributed by atoms with Gasteiger partial charge in [-0.25, -0.2) is 0 Å². The van der Waals surface area contributed by atoms with Crippen molar-refractivity contribution in [1.82, 2.24) is 10.4 Å². The first-order chi connectivity index (χ1) is 15.7. The molecule has 2 N–H and O–H groups in total. The molecule has 172 valence electrons. The smallest absolute Gasteiger partial charge is 0.311 e. The fraction of sp³-hybridized carbons (Fsp3) is 0.200. The van der Waals surface area contributed by atoms with Crippen molar-refractivity contribution in [2.45, 2.75) is 6.42 Å². The minimum Gasteiger partial charge on any atom is -0.455 e. The number of esters is 1. The van der Waals surface area contributed by atoms with E-state index in [2.05, 4.69) is 26.7 Å². The van der Waals surface area contributed by atoms with Gasteiger partial charge >= 0.3 is 5.97 Å². The van der Waals surface area contributed by atoms with Crippen LogP contribution in [0.25, 0.3) is 0 Å². The summed E-state index contributed by atoms with van der Waals surface area (Å²) in [7, 11) is 0. The number of nitrogens with one attached hydrogen (secondary N) is 2. The third-order valence-corrected chi connectivity index (χ3v) is 5.82. The van der Waals surface area contributed by atoms with Crippen molar-refractivity contribution in [1.29, 1.82) is 0 Å². The molecule has 1 aliphatic rings. The fourth-order valence-electron chi connectivity index (χ4n) is 3.01. The van der Waals surface area contributed by atoms with Crippen molar-refractivity contribution in [3.8, 4) is 0 Å². The van der Waals surface area contributed by atoms with Crippen LogP contribution in [-0.2, 0) is 19.1 Å². The summed E-state index contributed by atoms with van der Waals surface area (Å²) in [5, 5.41) is 14.9. The minimum absolute atomic E-state index is 0.200. The molecule has 0 bridgehead atoms. The number of carbonyl (C=O) groups is 4. The van der Waals surface area contributed by atoms with E-state index in [-0.39, 0.29) is 18.5 Å². The summed E-state index contributed by atoms with van der Waals surface area (Å²) in [6, 6.07) is 10.0. The Kier molecular flexibility index (Phi) is 7.61. The molecule has 0 aliphatic carbocycles. The second-order valence-electron chi connectivity index (χ2n) is 6.91. The molecule has 2 aromatic carbocycles. The Labute approximate surface area is 200 Å². The molecule has 11 nitrogen and oxygen atoms in total. The number of carbonyl (C=O) groups excluding carboxylic acids is 4. The summed E-state index contributed by atoms with van der Waals surface area (Å²) < 4.78 is 5.63. The van der Waals surface area contributed by atoms with Gasteiger partial charge in [0, 0.05) is 22.6 Å². The number of anilines is 1. The molecule has 1 atom stereocenters. The lowest BCUT2D eigenvalue weighted by atomic mass is 10.1. The third kappa shape index (κ3) is 6.05. The van der Waals surface area contributed by atoms with Gasteiger partial charge in [0.15, 0.2) is 6.61 Å². The number of nitrogens with zero attached hydrogens (tertiary/aromatic N) is 2. The first kappa shape index (κ1) is 24.1. The number of rotatable bonds is 7. The highest BCUT2D eigenvalue weighted by Gasteiger charge is 2.37. The zero-order chi connectivity index (χ0) is 24.1. The van der Waals surface area contributed by atoms with Crippen molar-refractivity contribution in [3.05, 3.63) is 67.6 Å². The number of hydrazine groups is 1. The summed E-state index contributed by atoms with van der Waals surface area (Å²) in [5.41, 5.74) is 2.02. The van der Waals surface area contributed by atoms with Crippen LogP contribution in [0, 0.1) is 16.0 Å². The first-order valence-corrected chi connectivity index (χ1v) is 10.6. The highest BCUT2D eigenvalue weighted by Crippen LogP contribution is 2.25. The molecular formula is C20H16BrClN4O7. The maximum atomic E-state index is 12.4. The molecule has 3 amide bonds. The van der Waals surface area contributed by atoms with E-state index >= 15 is 0 Å². The van der Waals surface area contributed by atoms with Gasteiger partial charge in [-0.1, -0.05) is 23.7 Å². The van der Waals surface area contributed by atoms with E-state index < -0.39 is 46.8 Å². The Balaban J connectivity index is 1.52. The summed E-state index contributed by atoms with van der Waals surface area (Å²) in [5.74, 6) is -3.75. The maximum absolute atomic E-state index is 12.4. The maximum Gasteiger partial charge on any atom is 0.311 e. The van der Waals surface area contributed by atoms with Crippen molar-refractivity contribution < 1.29 is 28.8 Å². The van der Waals surface area contributed by atoms with Gasteiger partial charge < -0.3 is 10.1 Å². The van der Waals surface area contributed by atoms with Gasteiger partial charge in [0.25, 0.3) is 17.5 Å². The lowest BCUT2D eigenvalue weighted by Crippen LogP contribution is -2.43.